The van der Waals surface area contributed by atoms with E-state index in [0.29, 0.717) is 24.7 Å². The zero-order valence-electron chi connectivity index (χ0n) is 14.3. The zero-order valence-corrected chi connectivity index (χ0v) is 15.9. The normalized spacial score (nSPS) is 16.0. The highest BCUT2D eigenvalue weighted by Gasteiger charge is 2.25. The molecule has 10 heteroatoms. The predicted molar refractivity (Wildman–Crippen MR) is 97.8 cm³/mol. The molecule has 26 heavy (non-hydrogen) atoms. The first-order valence-corrected chi connectivity index (χ1v) is 10.5. The molecule has 8 nitrogen and oxygen atoms in total. The van der Waals surface area contributed by atoms with E-state index in [2.05, 4.69) is 15.0 Å². The van der Waals surface area contributed by atoms with Crippen molar-refractivity contribution in [1.82, 2.24) is 24.6 Å². The summed E-state index contributed by atoms with van der Waals surface area (Å²) < 4.78 is 26.4. The van der Waals surface area contributed by atoms with Gasteiger partial charge in [0.1, 0.15) is 0 Å². The Morgan fingerprint density at radius 1 is 1.35 bits per heavy atom. The minimum absolute atomic E-state index is 0.173. The standard InChI is InChI=1S/C16H20ClN5O3S/c1-26(24,25)18-10-12-5-7-21(8-6-12)16(23)15-11-22(20-19-15)14-4-2-3-13(17)9-14/h2-4,9,11-12,18H,5-8,10H2,1H3. The molecule has 2 heterocycles. The number of rotatable bonds is 5. The van der Waals surface area contributed by atoms with Crippen LogP contribution in [0.4, 0.5) is 0 Å². The molecular formula is C16H20ClN5O3S. The molecule has 3 rings (SSSR count). The van der Waals surface area contributed by atoms with E-state index in [-0.39, 0.29) is 17.5 Å². The minimum atomic E-state index is -3.18. The van der Waals surface area contributed by atoms with Gasteiger partial charge in [0.15, 0.2) is 5.69 Å². The SMILES string of the molecule is CS(=O)(=O)NCC1CCN(C(=O)c2cn(-c3cccc(Cl)c3)nn2)CC1. The molecule has 0 bridgehead atoms. The van der Waals surface area contributed by atoms with Crippen molar-refractivity contribution >= 4 is 27.5 Å². The van der Waals surface area contributed by atoms with E-state index in [1.165, 1.54) is 4.68 Å². The Morgan fingerprint density at radius 3 is 2.73 bits per heavy atom. The maximum atomic E-state index is 12.6. The van der Waals surface area contributed by atoms with Crippen molar-refractivity contribution in [3.63, 3.8) is 0 Å². The number of hydrogen-bond acceptors (Lipinski definition) is 5. The first kappa shape index (κ1) is 18.8. The van der Waals surface area contributed by atoms with Gasteiger partial charge < -0.3 is 4.90 Å². The van der Waals surface area contributed by atoms with Crippen LogP contribution in [-0.2, 0) is 10.0 Å². The molecule has 0 spiro atoms. The maximum Gasteiger partial charge on any atom is 0.276 e. The fourth-order valence-corrected chi connectivity index (χ4v) is 3.60. The molecule has 1 saturated heterocycles. The van der Waals surface area contributed by atoms with Gasteiger partial charge in [-0.05, 0) is 37.0 Å². The van der Waals surface area contributed by atoms with E-state index < -0.39 is 10.0 Å². The number of nitrogens with one attached hydrogen (secondary N) is 1. The van der Waals surface area contributed by atoms with E-state index in [1.54, 1.807) is 29.3 Å². The van der Waals surface area contributed by atoms with Crippen molar-refractivity contribution in [1.29, 1.82) is 0 Å². The number of likely N-dealkylation sites (tertiary alicyclic amines) is 1. The third-order valence-corrected chi connectivity index (χ3v) is 5.25. The number of nitrogens with zero attached hydrogens (tertiary/aromatic N) is 4. The molecule has 1 aliphatic heterocycles. The van der Waals surface area contributed by atoms with Gasteiger partial charge in [-0.25, -0.2) is 17.8 Å². The maximum absolute atomic E-state index is 12.6. The lowest BCUT2D eigenvalue weighted by Crippen LogP contribution is -2.41. The molecule has 1 aliphatic rings. The number of benzene rings is 1. The van der Waals surface area contributed by atoms with Crippen LogP contribution in [0, 0.1) is 5.92 Å². The lowest BCUT2D eigenvalue weighted by molar-refractivity contribution is 0.0686. The average Bonchev–Trinajstić information content (AvgIpc) is 3.09. The van der Waals surface area contributed by atoms with Crippen molar-refractivity contribution in [2.24, 2.45) is 5.92 Å². The fourth-order valence-electron chi connectivity index (χ4n) is 2.88. The first-order valence-electron chi connectivity index (χ1n) is 8.24. The second-order valence-corrected chi connectivity index (χ2v) is 8.65. The number of hydrogen-bond donors (Lipinski definition) is 1. The van der Waals surface area contributed by atoms with Gasteiger partial charge in [-0.2, -0.15) is 0 Å². The van der Waals surface area contributed by atoms with E-state index in [9.17, 15) is 13.2 Å². The van der Waals surface area contributed by atoms with Crippen molar-refractivity contribution in [2.75, 3.05) is 25.9 Å². The van der Waals surface area contributed by atoms with E-state index in [0.717, 1.165) is 24.8 Å². The molecule has 140 valence electrons. The van der Waals surface area contributed by atoms with Crippen LogP contribution in [0.3, 0.4) is 0 Å². The van der Waals surface area contributed by atoms with Crippen LogP contribution < -0.4 is 4.72 Å². The van der Waals surface area contributed by atoms with Crippen molar-refractivity contribution in [3.8, 4) is 5.69 Å². The summed E-state index contributed by atoms with van der Waals surface area (Å²) in [5, 5.41) is 8.55. The van der Waals surface area contributed by atoms with Gasteiger partial charge in [-0.15, -0.1) is 5.10 Å². The molecule has 0 saturated carbocycles. The first-order chi connectivity index (χ1) is 12.3. The molecule has 2 aromatic rings. The highest BCUT2D eigenvalue weighted by Crippen LogP contribution is 2.19. The second kappa shape index (κ2) is 7.73. The summed E-state index contributed by atoms with van der Waals surface area (Å²) >= 11 is 5.97. The Morgan fingerprint density at radius 2 is 2.08 bits per heavy atom. The average molecular weight is 398 g/mol. The molecule has 1 amide bonds. The summed E-state index contributed by atoms with van der Waals surface area (Å²) in [6.07, 6.45) is 4.23. The number of amides is 1. The Bertz CT molecular complexity index is 891. The van der Waals surface area contributed by atoms with Crippen LogP contribution >= 0.6 is 11.6 Å². The summed E-state index contributed by atoms with van der Waals surface area (Å²) in [7, 11) is -3.18. The zero-order chi connectivity index (χ0) is 18.7. The molecule has 1 aromatic heterocycles. The lowest BCUT2D eigenvalue weighted by atomic mass is 9.97. The topological polar surface area (TPSA) is 97.2 Å². The number of piperidine rings is 1. The summed E-state index contributed by atoms with van der Waals surface area (Å²) in [6, 6.07) is 7.13. The molecule has 1 fully saturated rings. The molecule has 1 aromatic carbocycles. The molecule has 0 unspecified atom stereocenters. The molecule has 0 aliphatic carbocycles. The Hall–Kier alpha value is -1.97. The van der Waals surface area contributed by atoms with Gasteiger partial charge >= 0.3 is 0 Å². The monoisotopic (exact) mass is 397 g/mol. The van der Waals surface area contributed by atoms with Crippen LogP contribution in [0.5, 0.6) is 0 Å². The highest BCUT2D eigenvalue weighted by atomic mass is 35.5. The van der Waals surface area contributed by atoms with E-state index >= 15 is 0 Å². The summed E-state index contributed by atoms with van der Waals surface area (Å²) in [6.45, 7) is 1.55. The van der Waals surface area contributed by atoms with Crippen LogP contribution in [0.2, 0.25) is 5.02 Å². The second-order valence-electron chi connectivity index (χ2n) is 6.38. The van der Waals surface area contributed by atoms with Crippen molar-refractivity contribution in [3.05, 3.63) is 41.2 Å². The Labute approximate surface area is 157 Å². The van der Waals surface area contributed by atoms with Gasteiger partial charge in [0.2, 0.25) is 10.0 Å². The Balaban J connectivity index is 1.59. The third kappa shape index (κ3) is 4.80. The quantitative estimate of drug-likeness (QED) is 0.820. The van der Waals surface area contributed by atoms with Crippen LogP contribution in [0.1, 0.15) is 23.3 Å². The van der Waals surface area contributed by atoms with Crippen molar-refractivity contribution < 1.29 is 13.2 Å². The van der Waals surface area contributed by atoms with Gasteiger partial charge in [0.25, 0.3) is 5.91 Å². The summed E-state index contributed by atoms with van der Waals surface area (Å²) in [4.78, 5) is 14.3. The number of carbonyl (C=O) groups excluding carboxylic acids is 1. The Kier molecular flexibility index (Phi) is 5.59. The molecular weight excluding hydrogens is 378 g/mol. The van der Waals surface area contributed by atoms with Gasteiger partial charge in [-0.3, -0.25) is 4.79 Å². The number of carbonyl (C=O) groups is 1. The lowest BCUT2D eigenvalue weighted by Gasteiger charge is -2.31. The minimum Gasteiger partial charge on any atom is -0.337 e. The van der Waals surface area contributed by atoms with E-state index in [1.807, 2.05) is 6.07 Å². The molecule has 0 radical (unpaired) electrons. The summed E-state index contributed by atoms with van der Waals surface area (Å²) in [5.74, 6) is 0.0590. The number of halogens is 1. The third-order valence-electron chi connectivity index (χ3n) is 4.32. The van der Waals surface area contributed by atoms with Crippen LogP contribution in [0.25, 0.3) is 5.69 Å². The molecule has 0 atom stereocenters. The van der Waals surface area contributed by atoms with Gasteiger partial charge in [0, 0.05) is 24.7 Å². The van der Waals surface area contributed by atoms with Gasteiger partial charge in [-0.1, -0.05) is 22.9 Å². The van der Waals surface area contributed by atoms with Crippen LogP contribution in [-0.4, -0.2) is 60.1 Å². The number of aromatic nitrogens is 3. The molecule has 1 N–H and O–H groups in total. The highest BCUT2D eigenvalue weighted by molar-refractivity contribution is 7.88. The van der Waals surface area contributed by atoms with Crippen molar-refractivity contribution in [2.45, 2.75) is 12.8 Å². The summed E-state index contributed by atoms with van der Waals surface area (Å²) in [5.41, 5.74) is 1.01. The largest absolute Gasteiger partial charge is 0.337 e. The van der Waals surface area contributed by atoms with Gasteiger partial charge in [0.05, 0.1) is 18.1 Å². The number of sulfonamides is 1. The van der Waals surface area contributed by atoms with E-state index in [4.69, 9.17) is 11.6 Å². The van der Waals surface area contributed by atoms with Crippen LogP contribution in [0.15, 0.2) is 30.5 Å². The smallest absolute Gasteiger partial charge is 0.276 e. The fraction of sp³-hybridized carbons (Fsp3) is 0.438. The predicted octanol–water partition coefficient (Wildman–Crippen LogP) is 1.32.